The third-order valence-corrected chi connectivity index (χ3v) is 5.30. The van der Waals surface area contributed by atoms with E-state index in [4.69, 9.17) is 0 Å². The van der Waals surface area contributed by atoms with Gasteiger partial charge in [-0.2, -0.15) is 13.2 Å². The molecule has 0 bridgehead atoms. The summed E-state index contributed by atoms with van der Waals surface area (Å²) < 4.78 is 55.5. The zero-order valence-corrected chi connectivity index (χ0v) is 16.5. The van der Waals surface area contributed by atoms with Crippen LogP contribution in [-0.2, 0) is 11.8 Å². The standard InChI is InChI=1S/C23H23F4NO/c1-15-12-16(19-6-4-5-7-20(19)28-15)13-22(29,23(25,26)27)14-21(2,3)17-8-10-18(24)11-9-17/h4-12,29H,13-14H2,1-3H3. The summed E-state index contributed by atoms with van der Waals surface area (Å²) in [5.41, 5.74) is -1.90. The van der Waals surface area contributed by atoms with Crippen molar-refractivity contribution in [2.45, 2.75) is 50.8 Å². The summed E-state index contributed by atoms with van der Waals surface area (Å²) in [5.74, 6) is -0.464. The van der Waals surface area contributed by atoms with E-state index in [0.717, 1.165) is 0 Å². The maximum absolute atomic E-state index is 14.1. The van der Waals surface area contributed by atoms with E-state index in [-0.39, 0.29) is 0 Å². The van der Waals surface area contributed by atoms with Crippen molar-refractivity contribution >= 4 is 10.9 Å². The molecular weight excluding hydrogens is 382 g/mol. The first kappa shape index (κ1) is 21.2. The molecule has 1 unspecified atom stereocenters. The second-order valence-electron chi connectivity index (χ2n) is 8.21. The number of pyridine rings is 1. The lowest BCUT2D eigenvalue weighted by Gasteiger charge is -2.38. The Morgan fingerprint density at radius 2 is 1.59 bits per heavy atom. The zero-order valence-electron chi connectivity index (χ0n) is 16.5. The highest BCUT2D eigenvalue weighted by molar-refractivity contribution is 5.82. The minimum Gasteiger partial charge on any atom is -0.380 e. The van der Waals surface area contributed by atoms with Crippen LogP contribution in [0, 0.1) is 12.7 Å². The van der Waals surface area contributed by atoms with Crippen LogP contribution in [-0.4, -0.2) is 21.9 Å². The van der Waals surface area contributed by atoms with E-state index < -0.39 is 35.9 Å². The Balaban J connectivity index is 2.03. The molecule has 0 aliphatic rings. The van der Waals surface area contributed by atoms with E-state index in [1.165, 1.54) is 24.3 Å². The Morgan fingerprint density at radius 3 is 2.21 bits per heavy atom. The lowest BCUT2D eigenvalue weighted by Crippen LogP contribution is -2.50. The molecule has 0 saturated carbocycles. The summed E-state index contributed by atoms with van der Waals surface area (Å²) in [6.45, 7) is 4.95. The van der Waals surface area contributed by atoms with Crippen molar-refractivity contribution in [3.05, 3.63) is 77.2 Å². The van der Waals surface area contributed by atoms with Crippen LogP contribution in [0.25, 0.3) is 10.9 Å². The zero-order chi connectivity index (χ0) is 21.4. The largest absolute Gasteiger partial charge is 0.417 e. The summed E-state index contributed by atoms with van der Waals surface area (Å²) in [7, 11) is 0. The molecule has 3 rings (SSSR count). The number of halogens is 4. The number of aryl methyl sites for hydroxylation is 1. The van der Waals surface area contributed by atoms with Crippen molar-refractivity contribution in [1.82, 2.24) is 4.98 Å². The number of rotatable bonds is 5. The average Bonchev–Trinajstić information content (AvgIpc) is 2.60. The summed E-state index contributed by atoms with van der Waals surface area (Å²) in [6.07, 6.45) is -6.00. The fourth-order valence-electron chi connectivity index (χ4n) is 3.85. The molecule has 29 heavy (non-hydrogen) atoms. The molecule has 0 amide bonds. The lowest BCUT2D eigenvalue weighted by atomic mass is 9.73. The molecule has 3 aromatic rings. The second kappa shape index (κ2) is 7.41. The van der Waals surface area contributed by atoms with Crippen molar-refractivity contribution < 1.29 is 22.7 Å². The molecule has 1 aromatic heterocycles. The van der Waals surface area contributed by atoms with Gasteiger partial charge in [0.1, 0.15) is 5.82 Å². The van der Waals surface area contributed by atoms with Gasteiger partial charge in [0.05, 0.1) is 5.52 Å². The predicted octanol–water partition coefficient (Wildman–Crippen LogP) is 5.89. The van der Waals surface area contributed by atoms with Crippen LogP contribution < -0.4 is 0 Å². The average molecular weight is 405 g/mol. The molecule has 6 heteroatoms. The van der Waals surface area contributed by atoms with Crippen LogP contribution >= 0.6 is 0 Å². The SMILES string of the molecule is Cc1cc(CC(O)(CC(C)(C)c2ccc(F)cc2)C(F)(F)F)c2ccccc2n1. The molecule has 0 aliphatic carbocycles. The fraction of sp³-hybridized carbons (Fsp3) is 0.348. The highest BCUT2D eigenvalue weighted by atomic mass is 19.4. The topological polar surface area (TPSA) is 33.1 Å². The van der Waals surface area contributed by atoms with Gasteiger partial charge in [-0.25, -0.2) is 4.39 Å². The van der Waals surface area contributed by atoms with Gasteiger partial charge in [0.15, 0.2) is 5.60 Å². The van der Waals surface area contributed by atoms with Crippen LogP contribution in [0.15, 0.2) is 54.6 Å². The molecule has 2 aromatic carbocycles. The van der Waals surface area contributed by atoms with Crippen molar-refractivity contribution in [2.75, 3.05) is 0 Å². The van der Waals surface area contributed by atoms with E-state index in [1.54, 1.807) is 51.1 Å². The number of hydrogen-bond donors (Lipinski definition) is 1. The van der Waals surface area contributed by atoms with Gasteiger partial charge in [-0.05, 0) is 54.2 Å². The van der Waals surface area contributed by atoms with Crippen molar-refractivity contribution in [3.63, 3.8) is 0 Å². The van der Waals surface area contributed by atoms with Gasteiger partial charge in [0.25, 0.3) is 0 Å². The quantitative estimate of drug-likeness (QED) is 0.537. The molecule has 0 radical (unpaired) electrons. The van der Waals surface area contributed by atoms with Crippen molar-refractivity contribution in [1.29, 1.82) is 0 Å². The number of nitrogens with zero attached hydrogens (tertiary/aromatic N) is 1. The highest BCUT2D eigenvalue weighted by Crippen LogP contribution is 2.43. The molecule has 0 spiro atoms. The highest BCUT2D eigenvalue weighted by Gasteiger charge is 2.55. The number of alkyl halides is 3. The maximum atomic E-state index is 14.1. The Bertz CT molecular complexity index is 1010. The summed E-state index contributed by atoms with van der Waals surface area (Å²) in [6, 6.07) is 13.9. The van der Waals surface area contributed by atoms with Gasteiger partial charge < -0.3 is 5.11 Å². The summed E-state index contributed by atoms with van der Waals surface area (Å²) in [5, 5.41) is 11.5. The van der Waals surface area contributed by atoms with Gasteiger partial charge in [-0.1, -0.05) is 44.2 Å². The lowest BCUT2D eigenvalue weighted by molar-refractivity contribution is -0.266. The molecule has 1 atom stereocenters. The fourth-order valence-corrected chi connectivity index (χ4v) is 3.85. The molecular formula is C23H23F4NO. The summed E-state index contributed by atoms with van der Waals surface area (Å²) >= 11 is 0. The molecule has 1 heterocycles. The van der Waals surface area contributed by atoms with Crippen molar-refractivity contribution in [3.8, 4) is 0 Å². The normalized spacial score (nSPS) is 14.8. The molecule has 0 saturated heterocycles. The van der Waals surface area contributed by atoms with Gasteiger partial charge >= 0.3 is 6.18 Å². The Hall–Kier alpha value is -2.47. The number of aliphatic hydroxyl groups is 1. The number of aromatic nitrogens is 1. The number of fused-ring (bicyclic) bond motifs is 1. The monoisotopic (exact) mass is 405 g/mol. The minimum absolute atomic E-state index is 0.392. The van der Waals surface area contributed by atoms with E-state index in [1.807, 2.05) is 0 Å². The third-order valence-electron chi connectivity index (χ3n) is 5.30. The third kappa shape index (κ3) is 4.42. The smallest absolute Gasteiger partial charge is 0.380 e. The van der Waals surface area contributed by atoms with Crippen LogP contribution in [0.5, 0.6) is 0 Å². The maximum Gasteiger partial charge on any atom is 0.417 e. The van der Waals surface area contributed by atoms with E-state index in [2.05, 4.69) is 4.98 Å². The Kier molecular flexibility index (Phi) is 5.43. The molecule has 154 valence electrons. The first-order chi connectivity index (χ1) is 13.4. The van der Waals surface area contributed by atoms with Crippen LogP contribution in [0.1, 0.15) is 37.1 Å². The van der Waals surface area contributed by atoms with Gasteiger partial charge in [-0.3, -0.25) is 4.98 Å². The van der Waals surface area contributed by atoms with Crippen molar-refractivity contribution in [2.24, 2.45) is 0 Å². The number of para-hydroxylation sites is 1. The van der Waals surface area contributed by atoms with Gasteiger partial charge in [0.2, 0.25) is 0 Å². The first-order valence-electron chi connectivity index (χ1n) is 9.32. The van der Waals surface area contributed by atoms with E-state index >= 15 is 0 Å². The van der Waals surface area contributed by atoms with Gasteiger partial charge in [0, 0.05) is 17.5 Å². The van der Waals surface area contributed by atoms with Crippen LogP contribution in [0.3, 0.4) is 0 Å². The van der Waals surface area contributed by atoms with E-state index in [0.29, 0.717) is 27.7 Å². The number of benzene rings is 2. The Morgan fingerprint density at radius 1 is 0.966 bits per heavy atom. The van der Waals surface area contributed by atoms with Crippen LogP contribution in [0.2, 0.25) is 0 Å². The Labute approximate surface area is 167 Å². The first-order valence-corrected chi connectivity index (χ1v) is 9.32. The summed E-state index contributed by atoms with van der Waals surface area (Å²) in [4.78, 5) is 4.36. The molecule has 0 aliphatic heterocycles. The number of hydrogen-bond acceptors (Lipinski definition) is 2. The van der Waals surface area contributed by atoms with E-state index in [9.17, 15) is 22.7 Å². The van der Waals surface area contributed by atoms with Crippen LogP contribution in [0.4, 0.5) is 17.6 Å². The molecule has 2 nitrogen and oxygen atoms in total. The molecule has 0 fully saturated rings. The minimum atomic E-state index is -4.84. The van der Waals surface area contributed by atoms with Gasteiger partial charge in [-0.15, -0.1) is 0 Å². The second-order valence-corrected chi connectivity index (χ2v) is 8.21. The predicted molar refractivity (Wildman–Crippen MR) is 105 cm³/mol. The molecule has 1 N–H and O–H groups in total.